The van der Waals surface area contributed by atoms with Crippen molar-refractivity contribution in [2.75, 3.05) is 41.4 Å². The van der Waals surface area contributed by atoms with Crippen LogP contribution in [0.15, 0.2) is 58.5 Å². The van der Waals surface area contributed by atoms with Gasteiger partial charge in [0.25, 0.3) is 12.2 Å². The fraction of sp³-hybridized carbons (Fsp3) is 0.576. The van der Waals surface area contributed by atoms with Gasteiger partial charge in [-0.1, -0.05) is 38.2 Å². The Morgan fingerprint density at radius 1 is 1.16 bits per heavy atom. The molecular weight excluding hydrogens is 580 g/mol. The number of ether oxygens (including phenoxy) is 3. The molecule has 0 saturated carbocycles. The number of Topliss-reactive ketones (excluding diaryl/α,β-unsaturated/α-hetero) is 1. The molecule has 1 unspecified atom stereocenters. The topological polar surface area (TPSA) is 182 Å². The average Bonchev–Trinajstić information content (AvgIpc) is 2.97. The van der Waals surface area contributed by atoms with Crippen molar-refractivity contribution >= 4 is 17.5 Å². The highest BCUT2D eigenvalue weighted by atomic mass is 16.5. The predicted octanol–water partition coefficient (Wildman–Crippen LogP) is 1.88. The van der Waals surface area contributed by atoms with Crippen molar-refractivity contribution < 1.29 is 39.2 Å². The zero-order valence-electron chi connectivity index (χ0n) is 27.7. The van der Waals surface area contributed by atoms with Crippen LogP contribution in [0, 0.1) is 23.4 Å². The molecule has 45 heavy (non-hydrogen) atoms. The molecule has 12 heteroatoms. The largest absolute Gasteiger partial charge is 0.417 e. The van der Waals surface area contributed by atoms with Gasteiger partial charge in [-0.2, -0.15) is 5.26 Å². The van der Waals surface area contributed by atoms with Gasteiger partial charge in [-0.25, -0.2) is 0 Å². The second kappa shape index (κ2) is 19.0. The van der Waals surface area contributed by atoms with Gasteiger partial charge >= 0.3 is 0 Å². The minimum Gasteiger partial charge on any atom is -0.417 e. The van der Waals surface area contributed by atoms with Gasteiger partial charge in [-0.3, -0.25) is 14.4 Å². The van der Waals surface area contributed by atoms with Crippen LogP contribution in [0.4, 0.5) is 0 Å². The van der Waals surface area contributed by atoms with Crippen LogP contribution in [0.2, 0.25) is 0 Å². The monoisotopic (exact) mass is 630 g/mol. The first kappa shape index (κ1) is 39.4. The number of carbonyl (C=O) groups excluding carboxylic acids is 3. The second-order valence-corrected chi connectivity index (χ2v) is 11.8. The Labute approximate surface area is 266 Å². The van der Waals surface area contributed by atoms with Crippen LogP contribution in [0.25, 0.3) is 0 Å². The third kappa shape index (κ3) is 11.4. The third-order valence-electron chi connectivity index (χ3n) is 7.81. The molecule has 250 valence electrons. The number of nitrogens with zero attached hydrogens (tertiary/aromatic N) is 2. The number of allylic oxidation sites excluding steroid dienone is 4. The first-order valence-electron chi connectivity index (χ1n) is 14.9. The van der Waals surface area contributed by atoms with Gasteiger partial charge in [-0.15, -0.1) is 0 Å². The number of amides is 1. The van der Waals surface area contributed by atoms with Gasteiger partial charge in [-0.05, 0) is 65.2 Å². The number of carbonyl (C=O) groups is 3. The number of aliphatic hydroxyl groups is 1. The Bertz CT molecular complexity index is 1240. The maximum Gasteiger partial charge on any atom is 0.287 e. The molecular formula is C33H50N4O8. The first-order valence-corrected chi connectivity index (χ1v) is 14.9. The molecule has 1 heterocycles. The predicted molar refractivity (Wildman–Crippen MR) is 170 cm³/mol. The lowest BCUT2D eigenvalue weighted by Crippen LogP contribution is -2.37. The summed E-state index contributed by atoms with van der Waals surface area (Å²) in [5.41, 5.74) is 1.39. The summed E-state index contributed by atoms with van der Waals surface area (Å²) in [5.74, 6) is -1.92. The molecule has 0 aromatic rings. The zero-order chi connectivity index (χ0) is 33.0. The van der Waals surface area contributed by atoms with Gasteiger partial charge in [0.05, 0.1) is 23.6 Å². The Morgan fingerprint density at radius 2 is 1.84 bits per heavy atom. The maximum absolute atomic E-state index is 13.7. The van der Waals surface area contributed by atoms with E-state index in [4.69, 9.17) is 14.2 Å². The number of nitriles is 1. The molecule has 1 aliphatic heterocycles. The summed E-state index contributed by atoms with van der Waals surface area (Å²) in [6.45, 7) is 8.45. The van der Waals surface area contributed by atoms with E-state index in [1.807, 2.05) is 38.9 Å². The standard InChI is InChI=1S/C33H48N4O7.H2O/c1-20-15-24-29(35-13-10-14-37(5)6)26(38)18-25(31(24)40)36-33(41)21(2)11-9-12-27(42-7)32(44-19-34)23(4)17-22(3)30(39)28(16-20)43-8;/h9,11-12,17-18,20,22,27-28,30,32,35,39H,10,13-16H2,1-8H3,(H,36,41);1H2/b12-9-,21-11+,23-17+;/t20-,22-,27+,28-,30+,32?;/m1./s1. The van der Waals surface area contributed by atoms with E-state index in [1.54, 1.807) is 38.3 Å². The number of methoxy groups -OCH3 is 2. The highest BCUT2D eigenvalue weighted by molar-refractivity contribution is 6.23. The van der Waals surface area contributed by atoms with Gasteiger partial charge in [0.1, 0.15) is 6.10 Å². The molecule has 0 radical (unpaired) electrons. The molecule has 1 amide bonds. The molecule has 2 bridgehead atoms. The molecule has 12 nitrogen and oxygen atoms in total. The van der Waals surface area contributed by atoms with Crippen molar-refractivity contribution in [3.63, 3.8) is 0 Å². The van der Waals surface area contributed by atoms with Crippen molar-refractivity contribution in [2.24, 2.45) is 11.8 Å². The second-order valence-electron chi connectivity index (χ2n) is 11.8. The third-order valence-corrected chi connectivity index (χ3v) is 7.81. The van der Waals surface area contributed by atoms with Crippen LogP contribution >= 0.6 is 0 Å². The van der Waals surface area contributed by atoms with E-state index < -0.39 is 36.1 Å². The summed E-state index contributed by atoms with van der Waals surface area (Å²) in [4.78, 5) is 42.1. The van der Waals surface area contributed by atoms with Crippen molar-refractivity contribution in [2.45, 2.75) is 71.4 Å². The summed E-state index contributed by atoms with van der Waals surface area (Å²) in [7, 11) is 6.92. The SMILES string of the molecule is CO[C@H]1/C=C\C=C(/C)C(=O)NC2=CC(=O)C(NCCCN(C)C)=C(C[C@@H](C)C[C@@H](OC)[C@@H](O)[C@H](C)/C=C(\C)C1OC#N)C2=O.O. The minimum atomic E-state index is -0.916. The summed E-state index contributed by atoms with van der Waals surface area (Å²) >= 11 is 0. The molecule has 0 aromatic carbocycles. The van der Waals surface area contributed by atoms with Gasteiger partial charge in [0.2, 0.25) is 11.6 Å². The van der Waals surface area contributed by atoms with Crippen molar-refractivity contribution in [3.05, 3.63) is 58.5 Å². The lowest BCUT2D eigenvalue weighted by atomic mass is 9.85. The van der Waals surface area contributed by atoms with Gasteiger partial charge in [0, 0.05) is 43.9 Å². The summed E-state index contributed by atoms with van der Waals surface area (Å²) in [5, 5.41) is 26.4. The van der Waals surface area contributed by atoms with Crippen molar-refractivity contribution in [1.82, 2.24) is 15.5 Å². The van der Waals surface area contributed by atoms with Crippen LogP contribution in [0.3, 0.4) is 0 Å². The summed E-state index contributed by atoms with van der Waals surface area (Å²) < 4.78 is 16.6. The zero-order valence-corrected chi connectivity index (χ0v) is 27.7. The maximum atomic E-state index is 13.7. The first-order chi connectivity index (χ1) is 20.8. The molecule has 2 rings (SSSR count). The molecule has 5 N–H and O–H groups in total. The molecule has 1 aliphatic carbocycles. The highest BCUT2D eigenvalue weighted by Crippen LogP contribution is 2.28. The fourth-order valence-corrected chi connectivity index (χ4v) is 5.32. The Morgan fingerprint density at radius 3 is 2.44 bits per heavy atom. The van der Waals surface area contributed by atoms with Crippen molar-refractivity contribution in [3.8, 4) is 6.26 Å². The lowest BCUT2D eigenvalue weighted by molar-refractivity contribution is -0.120. The number of rotatable bonds is 8. The summed E-state index contributed by atoms with van der Waals surface area (Å²) in [6.07, 6.45) is 7.93. The summed E-state index contributed by atoms with van der Waals surface area (Å²) in [6, 6.07) is 0. The average molecular weight is 631 g/mol. The van der Waals surface area contributed by atoms with E-state index in [9.17, 15) is 24.8 Å². The number of fused-ring (bicyclic) bond motifs is 2. The quantitative estimate of drug-likeness (QED) is 0.155. The van der Waals surface area contributed by atoms with E-state index in [2.05, 4.69) is 10.6 Å². The van der Waals surface area contributed by atoms with E-state index in [1.165, 1.54) is 14.2 Å². The van der Waals surface area contributed by atoms with Crippen LogP contribution in [-0.2, 0) is 28.6 Å². The smallest absolute Gasteiger partial charge is 0.287 e. The minimum absolute atomic E-state index is 0. The fourth-order valence-electron chi connectivity index (χ4n) is 5.32. The number of aliphatic hydroxyl groups excluding tert-OH is 1. The molecule has 0 saturated heterocycles. The highest BCUT2D eigenvalue weighted by Gasteiger charge is 2.33. The van der Waals surface area contributed by atoms with Gasteiger partial charge < -0.3 is 40.3 Å². The van der Waals surface area contributed by atoms with Crippen LogP contribution < -0.4 is 10.6 Å². The van der Waals surface area contributed by atoms with Gasteiger partial charge in [0.15, 0.2) is 6.10 Å². The molecule has 6 atom stereocenters. The Hall–Kier alpha value is -3.60. The van der Waals surface area contributed by atoms with Crippen molar-refractivity contribution in [1.29, 1.82) is 5.26 Å². The molecule has 0 aromatic heterocycles. The number of ketones is 2. The molecule has 2 aliphatic rings. The lowest BCUT2D eigenvalue weighted by Gasteiger charge is -2.29. The van der Waals surface area contributed by atoms with E-state index in [0.717, 1.165) is 19.0 Å². The molecule has 0 fully saturated rings. The number of hydrogen-bond donors (Lipinski definition) is 3. The van der Waals surface area contributed by atoms with Crippen LogP contribution in [-0.4, -0.2) is 98.8 Å². The Kier molecular flexibility index (Phi) is 16.7. The van der Waals surface area contributed by atoms with Crippen LogP contribution in [0.5, 0.6) is 0 Å². The molecule has 0 spiro atoms. The normalized spacial score (nSPS) is 30.2. The Balaban J connectivity index is 0.0000101. The van der Waals surface area contributed by atoms with Crippen LogP contribution in [0.1, 0.15) is 47.0 Å². The number of hydrogen-bond acceptors (Lipinski definition) is 10. The van der Waals surface area contributed by atoms with E-state index >= 15 is 0 Å². The van der Waals surface area contributed by atoms with E-state index in [-0.39, 0.29) is 52.1 Å². The van der Waals surface area contributed by atoms with E-state index in [0.29, 0.717) is 18.5 Å². The number of nitrogens with one attached hydrogen (secondary N) is 2.